The van der Waals surface area contributed by atoms with Gasteiger partial charge in [0.25, 0.3) is 6.01 Å². The molecule has 2 heterocycles. The molecule has 1 aliphatic rings. The topological polar surface area (TPSA) is 49.5 Å². The van der Waals surface area contributed by atoms with Crippen LogP contribution < -0.4 is 4.90 Å². The minimum absolute atomic E-state index is 0.150. The third kappa shape index (κ3) is 1.89. The number of anilines is 1. The zero-order valence-electron chi connectivity index (χ0n) is 9.67. The van der Waals surface area contributed by atoms with Crippen LogP contribution in [0.5, 0.6) is 0 Å². The van der Waals surface area contributed by atoms with Crippen molar-refractivity contribution in [2.24, 2.45) is 0 Å². The largest absolute Gasteiger partial charge is 0.423 e. The van der Waals surface area contributed by atoms with E-state index in [1.165, 1.54) is 6.42 Å². The summed E-state index contributed by atoms with van der Waals surface area (Å²) in [6, 6.07) is 8.55. The fraction of sp³-hybridized carbons (Fsp3) is 0.462. The normalized spacial score (nSPS) is 21.0. The molecule has 17 heavy (non-hydrogen) atoms. The molecule has 2 aromatic rings. The standard InChI is InChI=1S/C13H16N2O2/c16-9-10-5-3-4-8-15(10)13-14-11-6-1-2-7-12(11)17-13/h1-2,6-7,10,16H,3-5,8-9H2/t10-/m0/s1. The van der Waals surface area contributed by atoms with Gasteiger partial charge in [-0.15, -0.1) is 0 Å². The molecule has 0 amide bonds. The zero-order chi connectivity index (χ0) is 11.7. The molecule has 1 aromatic carbocycles. The van der Waals surface area contributed by atoms with Gasteiger partial charge in [0, 0.05) is 6.54 Å². The van der Waals surface area contributed by atoms with E-state index in [2.05, 4.69) is 9.88 Å². The molecule has 1 atom stereocenters. The van der Waals surface area contributed by atoms with E-state index in [0.29, 0.717) is 6.01 Å². The van der Waals surface area contributed by atoms with Gasteiger partial charge in [0.2, 0.25) is 0 Å². The molecule has 1 aliphatic heterocycles. The van der Waals surface area contributed by atoms with Crippen LogP contribution in [0.3, 0.4) is 0 Å². The lowest BCUT2D eigenvalue weighted by atomic mass is 10.0. The van der Waals surface area contributed by atoms with Crippen molar-refractivity contribution in [2.45, 2.75) is 25.3 Å². The Labute approximate surface area is 99.9 Å². The van der Waals surface area contributed by atoms with Crippen LogP contribution in [0.2, 0.25) is 0 Å². The molecule has 1 N–H and O–H groups in total. The number of oxazole rings is 1. The van der Waals surface area contributed by atoms with Gasteiger partial charge in [0.05, 0.1) is 12.6 Å². The highest BCUT2D eigenvalue weighted by Crippen LogP contribution is 2.27. The molecule has 1 fully saturated rings. The summed E-state index contributed by atoms with van der Waals surface area (Å²) in [6.07, 6.45) is 3.31. The highest BCUT2D eigenvalue weighted by atomic mass is 16.4. The Morgan fingerprint density at radius 2 is 2.24 bits per heavy atom. The summed E-state index contributed by atoms with van der Waals surface area (Å²) in [4.78, 5) is 6.57. The Balaban J connectivity index is 1.96. The number of hydrogen-bond acceptors (Lipinski definition) is 4. The first kappa shape index (κ1) is 10.6. The summed E-state index contributed by atoms with van der Waals surface area (Å²) in [5.74, 6) is 0. The van der Waals surface area contributed by atoms with Crippen LogP contribution >= 0.6 is 0 Å². The van der Waals surface area contributed by atoms with Gasteiger partial charge < -0.3 is 14.4 Å². The summed E-state index contributed by atoms with van der Waals surface area (Å²) >= 11 is 0. The van der Waals surface area contributed by atoms with E-state index in [4.69, 9.17) is 4.42 Å². The Bertz CT molecular complexity index is 476. The Kier molecular flexibility index (Phi) is 2.73. The van der Waals surface area contributed by atoms with E-state index in [-0.39, 0.29) is 12.6 Å². The maximum absolute atomic E-state index is 9.39. The van der Waals surface area contributed by atoms with Crippen molar-refractivity contribution in [2.75, 3.05) is 18.1 Å². The molecule has 0 bridgehead atoms. The van der Waals surface area contributed by atoms with E-state index in [1.54, 1.807) is 0 Å². The zero-order valence-corrected chi connectivity index (χ0v) is 9.67. The van der Waals surface area contributed by atoms with Crippen LogP contribution in [-0.2, 0) is 0 Å². The second kappa shape index (κ2) is 4.37. The molecular formula is C13H16N2O2. The minimum Gasteiger partial charge on any atom is -0.423 e. The van der Waals surface area contributed by atoms with Crippen LogP contribution in [-0.4, -0.2) is 29.3 Å². The van der Waals surface area contributed by atoms with Gasteiger partial charge in [-0.2, -0.15) is 4.98 Å². The average molecular weight is 232 g/mol. The van der Waals surface area contributed by atoms with Crippen molar-refractivity contribution in [3.63, 3.8) is 0 Å². The van der Waals surface area contributed by atoms with Crippen molar-refractivity contribution in [3.05, 3.63) is 24.3 Å². The number of rotatable bonds is 2. The molecule has 90 valence electrons. The maximum atomic E-state index is 9.39. The van der Waals surface area contributed by atoms with Crippen molar-refractivity contribution in [3.8, 4) is 0 Å². The molecule has 0 spiro atoms. The molecule has 0 aliphatic carbocycles. The lowest BCUT2D eigenvalue weighted by Crippen LogP contribution is -2.42. The van der Waals surface area contributed by atoms with Gasteiger partial charge in [0.1, 0.15) is 5.52 Å². The monoisotopic (exact) mass is 232 g/mol. The van der Waals surface area contributed by atoms with Gasteiger partial charge in [0.15, 0.2) is 5.58 Å². The van der Waals surface area contributed by atoms with Crippen LogP contribution in [0.4, 0.5) is 6.01 Å². The number of aliphatic hydroxyl groups is 1. The molecule has 0 unspecified atom stereocenters. The fourth-order valence-corrected chi connectivity index (χ4v) is 2.43. The summed E-state index contributed by atoms with van der Waals surface area (Å²) < 4.78 is 5.74. The van der Waals surface area contributed by atoms with Crippen molar-refractivity contribution in [1.82, 2.24) is 4.98 Å². The SMILES string of the molecule is OC[C@@H]1CCCCN1c1nc2ccccc2o1. The lowest BCUT2D eigenvalue weighted by Gasteiger charge is -2.33. The van der Waals surface area contributed by atoms with Gasteiger partial charge >= 0.3 is 0 Å². The molecule has 1 saturated heterocycles. The Morgan fingerprint density at radius 1 is 1.35 bits per heavy atom. The fourth-order valence-electron chi connectivity index (χ4n) is 2.43. The van der Waals surface area contributed by atoms with E-state index in [1.807, 2.05) is 24.3 Å². The molecule has 4 nitrogen and oxygen atoms in total. The Morgan fingerprint density at radius 3 is 3.06 bits per heavy atom. The third-order valence-electron chi connectivity index (χ3n) is 3.37. The van der Waals surface area contributed by atoms with Crippen LogP contribution in [0.1, 0.15) is 19.3 Å². The summed E-state index contributed by atoms with van der Waals surface area (Å²) in [5, 5.41) is 9.39. The first-order valence-corrected chi connectivity index (χ1v) is 6.11. The highest BCUT2D eigenvalue weighted by molar-refractivity contribution is 5.74. The first-order valence-electron chi connectivity index (χ1n) is 6.11. The number of para-hydroxylation sites is 2. The van der Waals surface area contributed by atoms with Crippen LogP contribution in [0.25, 0.3) is 11.1 Å². The quantitative estimate of drug-likeness (QED) is 0.862. The minimum atomic E-state index is 0.150. The molecule has 0 saturated carbocycles. The first-order chi connectivity index (χ1) is 8.38. The second-order valence-electron chi connectivity index (χ2n) is 4.49. The summed E-state index contributed by atoms with van der Waals surface area (Å²) in [7, 11) is 0. The average Bonchev–Trinajstić information content (AvgIpc) is 2.82. The number of piperidine rings is 1. The third-order valence-corrected chi connectivity index (χ3v) is 3.37. The van der Waals surface area contributed by atoms with E-state index >= 15 is 0 Å². The predicted molar refractivity (Wildman–Crippen MR) is 66.1 cm³/mol. The smallest absolute Gasteiger partial charge is 0.298 e. The van der Waals surface area contributed by atoms with Crippen LogP contribution in [0.15, 0.2) is 28.7 Å². The molecule has 1 aromatic heterocycles. The van der Waals surface area contributed by atoms with E-state index < -0.39 is 0 Å². The summed E-state index contributed by atoms with van der Waals surface area (Å²) in [6.45, 7) is 1.08. The van der Waals surface area contributed by atoms with Gasteiger partial charge in [-0.25, -0.2) is 0 Å². The number of nitrogens with zero attached hydrogens (tertiary/aromatic N) is 2. The number of aliphatic hydroxyl groups excluding tert-OH is 1. The molecule has 3 rings (SSSR count). The predicted octanol–water partition coefficient (Wildman–Crippen LogP) is 2.18. The molecule has 4 heteroatoms. The number of fused-ring (bicyclic) bond motifs is 1. The Hall–Kier alpha value is -1.55. The van der Waals surface area contributed by atoms with Gasteiger partial charge in [-0.1, -0.05) is 12.1 Å². The van der Waals surface area contributed by atoms with E-state index in [0.717, 1.165) is 30.5 Å². The highest BCUT2D eigenvalue weighted by Gasteiger charge is 2.25. The number of aromatic nitrogens is 1. The van der Waals surface area contributed by atoms with Crippen molar-refractivity contribution in [1.29, 1.82) is 0 Å². The number of hydrogen-bond donors (Lipinski definition) is 1. The van der Waals surface area contributed by atoms with Crippen LogP contribution in [0, 0.1) is 0 Å². The van der Waals surface area contributed by atoms with Crippen molar-refractivity contribution >= 4 is 17.1 Å². The van der Waals surface area contributed by atoms with Gasteiger partial charge in [-0.05, 0) is 31.4 Å². The molecule has 0 radical (unpaired) electrons. The van der Waals surface area contributed by atoms with Gasteiger partial charge in [-0.3, -0.25) is 0 Å². The summed E-state index contributed by atoms with van der Waals surface area (Å²) in [5.41, 5.74) is 1.69. The number of benzene rings is 1. The lowest BCUT2D eigenvalue weighted by molar-refractivity contribution is 0.235. The van der Waals surface area contributed by atoms with Crippen molar-refractivity contribution < 1.29 is 9.52 Å². The molecular weight excluding hydrogens is 216 g/mol. The van der Waals surface area contributed by atoms with E-state index in [9.17, 15) is 5.11 Å². The maximum Gasteiger partial charge on any atom is 0.298 e. The second-order valence-corrected chi connectivity index (χ2v) is 4.49.